The summed E-state index contributed by atoms with van der Waals surface area (Å²) in [6.07, 6.45) is 0.153. The molecule has 2 amide bonds. The van der Waals surface area contributed by atoms with Crippen LogP contribution < -0.4 is 14.8 Å². The first-order valence-electron chi connectivity index (χ1n) is 11.6. The van der Waals surface area contributed by atoms with Gasteiger partial charge in [0.05, 0.1) is 18.0 Å². The lowest BCUT2D eigenvalue weighted by molar-refractivity contribution is -0.140. The van der Waals surface area contributed by atoms with Gasteiger partial charge in [0.25, 0.3) is 5.91 Å². The van der Waals surface area contributed by atoms with E-state index in [4.69, 9.17) is 24.4 Å². The zero-order valence-electron chi connectivity index (χ0n) is 21.1. The number of rotatable bonds is 10. The number of hydrogen-bond donors (Lipinski definition) is 3. The standard InChI is InChI=1S/C25H28N2O10S/c1-25(2,3)37-24(34)27-5-4-19-15(11-27)8-20(38-19)23(33)26-10-18(28)14-6-16(35-12-21(29)30)9-17(7-14)36-13-22(31)32/h6-9H,4-5,10-13H2,1-3H3,(H,26,33)(H,29,30)(H,31,32). The van der Waals surface area contributed by atoms with E-state index in [1.165, 1.54) is 29.5 Å². The summed E-state index contributed by atoms with van der Waals surface area (Å²) < 4.78 is 15.6. The molecule has 38 heavy (non-hydrogen) atoms. The molecule has 2 aromatic rings. The van der Waals surface area contributed by atoms with E-state index in [1.54, 1.807) is 31.7 Å². The van der Waals surface area contributed by atoms with Crippen molar-refractivity contribution in [2.75, 3.05) is 26.3 Å². The lowest BCUT2D eigenvalue weighted by Gasteiger charge is -2.29. The number of ether oxygens (including phenoxy) is 3. The zero-order valence-corrected chi connectivity index (χ0v) is 21.9. The van der Waals surface area contributed by atoms with Crippen LogP contribution in [-0.2, 0) is 27.3 Å². The molecule has 1 aromatic carbocycles. The van der Waals surface area contributed by atoms with Crippen LogP contribution in [0.5, 0.6) is 11.5 Å². The second-order valence-electron chi connectivity index (χ2n) is 9.37. The molecule has 204 valence electrons. The molecule has 0 radical (unpaired) electrons. The Morgan fingerprint density at radius 2 is 1.58 bits per heavy atom. The second kappa shape index (κ2) is 11.9. The van der Waals surface area contributed by atoms with Crippen LogP contribution in [0.15, 0.2) is 24.3 Å². The van der Waals surface area contributed by atoms with Gasteiger partial charge in [0.15, 0.2) is 19.0 Å². The highest BCUT2D eigenvalue weighted by Crippen LogP contribution is 2.29. The van der Waals surface area contributed by atoms with Gasteiger partial charge < -0.3 is 34.6 Å². The Bertz CT molecular complexity index is 1210. The van der Waals surface area contributed by atoms with Crippen molar-refractivity contribution in [1.82, 2.24) is 10.2 Å². The van der Waals surface area contributed by atoms with E-state index in [0.29, 0.717) is 24.4 Å². The number of aliphatic carboxylic acids is 2. The van der Waals surface area contributed by atoms with E-state index in [-0.39, 0.29) is 23.6 Å². The smallest absolute Gasteiger partial charge is 0.410 e. The molecule has 1 aliphatic rings. The van der Waals surface area contributed by atoms with Crippen LogP contribution in [0.1, 0.15) is 51.2 Å². The molecule has 3 N–H and O–H groups in total. The summed E-state index contributed by atoms with van der Waals surface area (Å²) >= 11 is 1.29. The monoisotopic (exact) mass is 548 g/mol. The summed E-state index contributed by atoms with van der Waals surface area (Å²) in [6, 6.07) is 5.51. The van der Waals surface area contributed by atoms with Crippen LogP contribution >= 0.6 is 11.3 Å². The molecule has 2 heterocycles. The molecule has 0 spiro atoms. The predicted molar refractivity (Wildman–Crippen MR) is 134 cm³/mol. The third-order valence-electron chi connectivity index (χ3n) is 5.08. The van der Waals surface area contributed by atoms with Gasteiger partial charge in [0.1, 0.15) is 17.1 Å². The fourth-order valence-corrected chi connectivity index (χ4v) is 4.55. The van der Waals surface area contributed by atoms with Gasteiger partial charge in [-0.25, -0.2) is 14.4 Å². The van der Waals surface area contributed by atoms with E-state index in [1.807, 2.05) is 0 Å². The number of carboxylic acids is 2. The number of benzene rings is 1. The van der Waals surface area contributed by atoms with E-state index >= 15 is 0 Å². The van der Waals surface area contributed by atoms with Crippen LogP contribution in [0, 0.1) is 0 Å². The SMILES string of the molecule is CC(C)(C)OC(=O)N1CCc2sc(C(=O)NCC(=O)c3cc(OCC(=O)O)cc(OCC(=O)O)c3)cc2C1. The summed E-state index contributed by atoms with van der Waals surface area (Å²) in [5.74, 6) is -3.50. The number of amides is 2. The Morgan fingerprint density at radius 1 is 0.974 bits per heavy atom. The van der Waals surface area contributed by atoms with Crippen LogP contribution in [0.3, 0.4) is 0 Å². The number of Topliss-reactive ketones (excluding diaryl/α,β-unsaturated/α-hetero) is 1. The molecule has 0 aliphatic carbocycles. The Morgan fingerprint density at radius 3 is 2.13 bits per heavy atom. The highest BCUT2D eigenvalue weighted by atomic mass is 32.1. The van der Waals surface area contributed by atoms with Crippen molar-refractivity contribution >= 4 is 41.1 Å². The van der Waals surface area contributed by atoms with Crippen molar-refractivity contribution in [1.29, 1.82) is 0 Å². The number of thiophene rings is 1. The molecule has 3 rings (SSSR count). The Kier molecular flexibility index (Phi) is 8.94. The number of fused-ring (bicyclic) bond motifs is 1. The Hall–Kier alpha value is -4.13. The molecule has 0 unspecified atom stereocenters. The van der Waals surface area contributed by atoms with Crippen molar-refractivity contribution in [2.24, 2.45) is 0 Å². The number of hydrogen-bond acceptors (Lipinski definition) is 9. The fourth-order valence-electron chi connectivity index (χ4n) is 3.47. The minimum Gasteiger partial charge on any atom is -0.482 e. The van der Waals surface area contributed by atoms with Gasteiger partial charge in [0.2, 0.25) is 0 Å². The van der Waals surface area contributed by atoms with E-state index in [9.17, 15) is 24.0 Å². The maximum atomic E-state index is 12.8. The molecule has 0 saturated heterocycles. The van der Waals surface area contributed by atoms with Gasteiger partial charge in [-0.1, -0.05) is 0 Å². The van der Waals surface area contributed by atoms with Gasteiger partial charge in [-0.15, -0.1) is 11.3 Å². The molecule has 0 saturated carbocycles. The maximum Gasteiger partial charge on any atom is 0.410 e. The van der Waals surface area contributed by atoms with Crippen molar-refractivity contribution < 1.29 is 48.4 Å². The molecular weight excluding hydrogens is 520 g/mol. The number of ketones is 1. The summed E-state index contributed by atoms with van der Waals surface area (Å²) in [4.78, 5) is 62.5. The molecule has 0 bridgehead atoms. The molecule has 0 atom stereocenters. The fraction of sp³-hybridized carbons (Fsp3) is 0.400. The Balaban J connectivity index is 1.65. The van der Waals surface area contributed by atoms with Crippen LogP contribution in [0.25, 0.3) is 0 Å². The first-order chi connectivity index (χ1) is 17.8. The van der Waals surface area contributed by atoms with Crippen molar-refractivity contribution in [3.05, 3.63) is 45.1 Å². The van der Waals surface area contributed by atoms with Crippen LogP contribution in [0.4, 0.5) is 4.79 Å². The Labute approximate surface area is 222 Å². The third-order valence-corrected chi connectivity index (χ3v) is 6.31. The second-order valence-corrected chi connectivity index (χ2v) is 10.5. The largest absolute Gasteiger partial charge is 0.482 e. The topological polar surface area (TPSA) is 169 Å². The third kappa shape index (κ3) is 8.20. The average molecular weight is 549 g/mol. The minimum absolute atomic E-state index is 0.00885. The first kappa shape index (κ1) is 28.4. The number of carbonyl (C=O) groups excluding carboxylic acids is 3. The molecule has 12 nitrogen and oxygen atoms in total. The maximum absolute atomic E-state index is 12.8. The number of nitrogens with zero attached hydrogens (tertiary/aromatic N) is 1. The molecule has 13 heteroatoms. The minimum atomic E-state index is -1.24. The predicted octanol–water partition coefficient (Wildman–Crippen LogP) is 2.58. The summed E-state index contributed by atoms with van der Waals surface area (Å²) in [7, 11) is 0. The van der Waals surface area contributed by atoms with Gasteiger partial charge in [-0.2, -0.15) is 0 Å². The molecular formula is C25H28N2O10S. The lowest BCUT2D eigenvalue weighted by atomic mass is 10.1. The molecule has 1 aromatic heterocycles. The zero-order chi connectivity index (χ0) is 28.0. The van der Waals surface area contributed by atoms with Gasteiger partial charge in [-0.05, 0) is 51.0 Å². The summed E-state index contributed by atoms with van der Waals surface area (Å²) in [6.45, 7) is 4.41. The average Bonchev–Trinajstić information content (AvgIpc) is 3.27. The highest BCUT2D eigenvalue weighted by Gasteiger charge is 2.28. The molecule has 1 aliphatic heterocycles. The van der Waals surface area contributed by atoms with Gasteiger partial charge in [-0.3, -0.25) is 9.59 Å². The molecule has 0 fully saturated rings. The quantitative estimate of drug-likeness (QED) is 0.375. The normalized spacial score (nSPS) is 12.8. The number of carboxylic acid groups (broad SMARTS) is 2. The van der Waals surface area contributed by atoms with Gasteiger partial charge >= 0.3 is 18.0 Å². The van der Waals surface area contributed by atoms with Crippen LogP contribution in [0.2, 0.25) is 0 Å². The van der Waals surface area contributed by atoms with Gasteiger partial charge in [0, 0.05) is 23.1 Å². The lowest BCUT2D eigenvalue weighted by Crippen LogP contribution is -2.39. The summed E-state index contributed by atoms with van der Waals surface area (Å²) in [5.41, 5.74) is 0.258. The van der Waals surface area contributed by atoms with Crippen molar-refractivity contribution in [2.45, 2.75) is 39.3 Å². The highest BCUT2D eigenvalue weighted by molar-refractivity contribution is 7.14. The van der Waals surface area contributed by atoms with E-state index < -0.39 is 48.5 Å². The van der Waals surface area contributed by atoms with E-state index in [2.05, 4.69) is 5.32 Å². The number of carbonyl (C=O) groups is 5. The first-order valence-corrected chi connectivity index (χ1v) is 12.4. The van der Waals surface area contributed by atoms with Crippen molar-refractivity contribution in [3.8, 4) is 11.5 Å². The number of nitrogens with one attached hydrogen (secondary N) is 1. The van der Waals surface area contributed by atoms with Crippen molar-refractivity contribution in [3.63, 3.8) is 0 Å². The summed E-state index contributed by atoms with van der Waals surface area (Å²) in [5, 5.41) is 20.2. The van der Waals surface area contributed by atoms with E-state index in [0.717, 1.165) is 10.4 Å². The van der Waals surface area contributed by atoms with Crippen LogP contribution in [-0.4, -0.2) is 76.7 Å².